The Hall–Kier alpha value is -2.24. The summed E-state index contributed by atoms with van der Waals surface area (Å²) in [5, 5.41) is 6.28. The number of urea groups is 1. The molecule has 6 heteroatoms. The standard InChI is InChI=1S/C18H20ClN3O2/c1-13-5-6-16(22-7-9-24-10-8-22)12-17(13)21-18(23)20-15-4-2-3-14(19)11-15/h2-6,11-12H,7-10H2,1H3,(H2,20,21,23). The molecule has 2 amide bonds. The van der Waals surface area contributed by atoms with E-state index in [-0.39, 0.29) is 6.03 Å². The fourth-order valence-electron chi connectivity index (χ4n) is 2.61. The van der Waals surface area contributed by atoms with Gasteiger partial charge in [0.2, 0.25) is 0 Å². The second-order valence-corrected chi connectivity index (χ2v) is 6.12. The lowest BCUT2D eigenvalue weighted by molar-refractivity contribution is 0.122. The zero-order valence-corrected chi connectivity index (χ0v) is 14.3. The quantitative estimate of drug-likeness (QED) is 0.879. The van der Waals surface area contributed by atoms with Gasteiger partial charge in [-0.3, -0.25) is 0 Å². The third-order valence-electron chi connectivity index (χ3n) is 3.93. The molecule has 0 aliphatic carbocycles. The Morgan fingerprint density at radius 1 is 1.12 bits per heavy atom. The number of rotatable bonds is 3. The molecular weight excluding hydrogens is 326 g/mol. The van der Waals surface area contributed by atoms with Crippen LogP contribution < -0.4 is 15.5 Å². The number of anilines is 3. The molecule has 126 valence electrons. The van der Waals surface area contributed by atoms with Crippen LogP contribution >= 0.6 is 11.6 Å². The molecule has 5 nitrogen and oxygen atoms in total. The lowest BCUT2D eigenvalue weighted by Gasteiger charge is -2.29. The second-order valence-electron chi connectivity index (χ2n) is 5.69. The molecule has 0 spiro atoms. The third kappa shape index (κ3) is 4.19. The first-order valence-electron chi connectivity index (χ1n) is 7.89. The van der Waals surface area contributed by atoms with Crippen LogP contribution in [-0.2, 0) is 4.74 Å². The predicted octanol–water partition coefficient (Wildman–Crippen LogP) is 4.13. The summed E-state index contributed by atoms with van der Waals surface area (Å²) >= 11 is 5.93. The molecule has 0 radical (unpaired) electrons. The van der Waals surface area contributed by atoms with Crippen molar-refractivity contribution in [2.24, 2.45) is 0 Å². The zero-order chi connectivity index (χ0) is 16.9. The number of carbonyl (C=O) groups excluding carboxylic acids is 1. The average molecular weight is 346 g/mol. The van der Waals surface area contributed by atoms with Crippen LogP contribution in [0.4, 0.5) is 21.9 Å². The maximum atomic E-state index is 12.2. The molecule has 1 aliphatic heterocycles. The molecular formula is C18H20ClN3O2. The Bertz CT molecular complexity index is 730. The highest BCUT2D eigenvalue weighted by molar-refractivity contribution is 6.30. The Morgan fingerprint density at radius 3 is 2.67 bits per heavy atom. The normalized spacial score (nSPS) is 14.3. The van der Waals surface area contributed by atoms with E-state index in [1.807, 2.05) is 19.1 Å². The summed E-state index contributed by atoms with van der Waals surface area (Å²) in [5.74, 6) is 0. The van der Waals surface area contributed by atoms with Crippen molar-refractivity contribution in [3.63, 3.8) is 0 Å². The molecule has 2 N–H and O–H groups in total. The van der Waals surface area contributed by atoms with Crippen LogP contribution in [0, 0.1) is 6.92 Å². The highest BCUT2D eigenvalue weighted by Gasteiger charge is 2.13. The molecule has 0 unspecified atom stereocenters. The van der Waals surface area contributed by atoms with E-state index in [1.54, 1.807) is 24.3 Å². The molecule has 0 aromatic heterocycles. The highest BCUT2D eigenvalue weighted by Crippen LogP contribution is 2.24. The molecule has 0 bridgehead atoms. The SMILES string of the molecule is Cc1ccc(N2CCOCC2)cc1NC(=O)Nc1cccc(Cl)c1. The number of nitrogens with zero attached hydrogens (tertiary/aromatic N) is 1. The van der Waals surface area contributed by atoms with Gasteiger partial charge < -0.3 is 20.3 Å². The molecule has 0 saturated carbocycles. The van der Waals surface area contributed by atoms with Crippen molar-refractivity contribution in [2.75, 3.05) is 41.8 Å². The molecule has 24 heavy (non-hydrogen) atoms. The maximum Gasteiger partial charge on any atom is 0.323 e. The fraction of sp³-hybridized carbons (Fsp3) is 0.278. The summed E-state index contributed by atoms with van der Waals surface area (Å²) in [6, 6.07) is 12.8. The van der Waals surface area contributed by atoms with Crippen LogP contribution in [0.15, 0.2) is 42.5 Å². The minimum atomic E-state index is -0.292. The number of ether oxygens (including phenoxy) is 1. The van der Waals surface area contributed by atoms with Crippen molar-refractivity contribution in [3.8, 4) is 0 Å². The summed E-state index contributed by atoms with van der Waals surface area (Å²) in [7, 11) is 0. The number of nitrogens with one attached hydrogen (secondary N) is 2. The van der Waals surface area contributed by atoms with E-state index >= 15 is 0 Å². The lowest BCUT2D eigenvalue weighted by Crippen LogP contribution is -2.36. The zero-order valence-electron chi connectivity index (χ0n) is 13.5. The number of carbonyl (C=O) groups is 1. The van der Waals surface area contributed by atoms with E-state index in [0.29, 0.717) is 10.7 Å². The smallest absolute Gasteiger partial charge is 0.323 e. The molecule has 1 fully saturated rings. The first-order valence-corrected chi connectivity index (χ1v) is 8.26. The van der Waals surface area contributed by atoms with E-state index in [1.165, 1.54) is 0 Å². The number of benzene rings is 2. The van der Waals surface area contributed by atoms with Crippen LogP contribution in [0.2, 0.25) is 5.02 Å². The van der Waals surface area contributed by atoms with Gasteiger partial charge in [0.05, 0.1) is 13.2 Å². The highest BCUT2D eigenvalue weighted by atomic mass is 35.5. The van der Waals surface area contributed by atoms with Crippen molar-refractivity contribution < 1.29 is 9.53 Å². The van der Waals surface area contributed by atoms with Crippen molar-refractivity contribution in [2.45, 2.75) is 6.92 Å². The van der Waals surface area contributed by atoms with Crippen molar-refractivity contribution in [1.82, 2.24) is 0 Å². The van der Waals surface area contributed by atoms with Gasteiger partial charge in [0.1, 0.15) is 0 Å². The molecule has 1 aliphatic rings. The van der Waals surface area contributed by atoms with Gasteiger partial charge in [-0.1, -0.05) is 23.7 Å². The summed E-state index contributed by atoms with van der Waals surface area (Å²) in [4.78, 5) is 14.5. The van der Waals surface area contributed by atoms with Crippen LogP contribution in [0.5, 0.6) is 0 Å². The van der Waals surface area contributed by atoms with Crippen LogP contribution in [0.1, 0.15) is 5.56 Å². The predicted molar refractivity (Wildman–Crippen MR) is 98.3 cm³/mol. The molecule has 1 saturated heterocycles. The number of aryl methyl sites for hydroxylation is 1. The fourth-order valence-corrected chi connectivity index (χ4v) is 2.80. The lowest BCUT2D eigenvalue weighted by atomic mass is 10.1. The van der Waals surface area contributed by atoms with Gasteiger partial charge in [-0.05, 0) is 42.8 Å². The van der Waals surface area contributed by atoms with Gasteiger partial charge in [-0.2, -0.15) is 0 Å². The number of hydrogen-bond acceptors (Lipinski definition) is 3. The summed E-state index contributed by atoms with van der Waals surface area (Å²) in [6.07, 6.45) is 0. The minimum absolute atomic E-state index is 0.292. The monoisotopic (exact) mass is 345 g/mol. The van der Waals surface area contributed by atoms with Crippen molar-refractivity contribution in [1.29, 1.82) is 0 Å². The average Bonchev–Trinajstić information content (AvgIpc) is 2.57. The Kier molecular flexibility index (Phi) is 5.23. The van der Waals surface area contributed by atoms with E-state index in [0.717, 1.165) is 43.2 Å². The van der Waals surface area contributed by atoms with Crippen molar-refractivity contribution >= 4 is 34.7 Å². The third-order valence-corrected chi connectivity index (χ3v) is 4.16. The Morgan fingerprint density at radius 2 is 1.92 bits per heavy atom. The van der Waals surface area contributed by atoms with Gasteiger partial charge in [-0.25, -0.2) is 4.79 Å². The molecule has 2 aromatic rings. The number of morpholine rings is 1. The van der Waals surface area contributed by atoms with E-state index in [4.69, 9.17) is 16.3 Å². The molecule has 1 heterocycles. The number of hydrogen-bond donors (Lipinski definition) is 2. The summed E-state index contributed by atoms with van der Waals surface area (Å²) < 4.78 is 5.38. The van der Waals surface area contributed by atoms with Gasteiger partial charge in [-0.15, -0.1) is 0 Å². The topological polar surface area (TPSA) is 53.6 Å². The maximum absolute atomic E-state index is 12.2. The van der Waals surface area contributed by atoms with E-state index in [2.05, 4.69) is 21.6 Å². The number of amides is 2. The summed E-state index contributed by atoms with van der Waals surface area (Å²) in [5.41, 5.74) is 3.54. The van der Waals surface area contributed by atoms with Gasteiger partial charge in [0.25, 0.3) is 0 Å². The van der Waals surface area contributed by atoms with Crippen LogP contribution in [-0.4, -0.2) is 32.3 Å². The minimum Gasteiger partial charge on any atom is -0.378 e. The first kappa shape index (κ1) is 16.6. The molecule has 0 atom stereocenters. The van der Waals surface area contributed by atoms with E-state index in [9.17, 15) is 4.79 Å². The van der Waals surface area contributed by atoms with E-state index < -0.39 is 0 Å². The van der Waals surface area contributed by atoms with Crippen LogP contribution in [0.3, 0.4) is 0 Å². The van der Waals surface area contributed by atoms with Crippen molar-refractivity contribution in [3.05, 3.63) is 53.1 Å². The largest absolute Gasteiger partial charge is 0.378 e. The van der Waals surface area contributed by atoms with Gasteiger partial charge in [0, 0.05) is 35.2 Å². The second kappa shape index (κ2) is 7.55. The number of halogens is 1. The Balaban J connectivity index is 1.70. The van der Waals surface area contributed by atoms with Crippen LogP contribution in [0.25, 0.3) is 0 Å². The van der Waals surface area contributed by atoms with Gasteiger partial charge in [0.15, 0.2) is 0 Å². The molecule has 3 rings (SSSR count). The molecule has 2 aromatic carbocycles. The summed E-state index contributed by atoms with van der Waals surface area (Å²) in [6.45, 7) is 5.14. The first-order chi connectivity index (χ1) is 11.6. The van der Waals surface area contributed by atoms with Gasteiger partial charge >= 0.3 is 6.03 Å². The Labute approximate surface area is 146 Å².